The van der Waals surface area contributed by atoms with E-state index in [0.717, 1.165) is 0 Å². The van der Waals surface area contributed by atoms with Gasteiger partial charge in [-0.05, 0) is 55.5 Å². The van der Waals surface area contributed by atoms with Crippen LogP contribution >= 0.6 is 11.6 Å². The zero-order valence-corrected chi connectivity index (χ0v) is 18.3. The Bertz CT molecular complexity index is 1280. The number of carbonyl (C=O) groups is 2. The minimum atomic E-state index is -0.462. The molecule has 0 fully saturated rings. The van der Waals surface area contributed by atoms with E-state index in [4.69, 9.17) is 20.8 Å². The van der Waals surface area contributed by atoms with Gasteiger partial charge in [-0.15, -0.1) is 0 Å². The molecule has 2 heterocycles. The number of nitrogens with zero attached hydrogens (tertiary/aromatic N) is 2. The minimum absolute atomic E-state index is 0.0233. The molecule has 9 heteroatoms. The van der Waals surface area contributed by atoms with Crippen LogP contribution in [0.5, 0.6) is 5.75 Å². The van der Waals surface area contributed by atoms with Crippen LogP contribution in [0.1, 0.15) is 39.2 Å². The summed E-state index contributed by atoms with van der Waals surface area (Å²) in [6.45, 7) is 1.74. The molecule has 33 heavy (non-hydrogen) atoms. The number of furan rings is 1. The maximum atomic E-state index is 14.0. The monoisotopic (exact) mass is 467 g/mol. The number of ketones is 1. The van der Waals surface area contributed by atoms with Gasteiger partial charge in [-0.2, -0.15) is 5.10 Å². The van der Waals surface area contributed by atoms with Crippen LogP contribution in [0.4, 0.5) is 10.1 Å². The van der Waals surface area contributed by atoms with Crippen LogP contribution in [0.2, 0.25) is 5.02 Å². The van der Waals surface area contributed by atoms with Crippen molar-refractivity contribution in [3.8, 4) is 5.75 Å². The van der Waals surface area contributed by atoms with E-state index in [9.17, 15) is 14.0 Å². The summed E-state index contributed by atoms with van der Waals surface area (Å²) in [6, 6.07) is 14.4. The molecule has 7 nitrogen and oxygen atoms in total. The number of Topliss-reactive ketones (excluding diaryl/α,β-unsaturated/α-hetero) is 1. The minimum Gasteiger partial charge on any atom is -0.486 e. The standard InChI is InChI=1S/C24H19ClFN3O4/c1-15(30)16-5-7-18(8-6-16)32-14-19-9-10-23(33-19)24(31)28-17-11-27-29(12-17)13-20-21(25)3-2-4-22(20)26/h2-12H,13-14H2,1H3,(H,28,31). The molecule has 4 aromatic rings. The largest absolute Gasteiger partial charge is 0.486 e. The van der Waals surface area contributed by atoms with Crippen molar-refractivity contribution in [3.63, 3.8) is 0 Å². The van der Waals surface area contributed by atoms with Crippen molar-refractivity contribution in [2.75, 3.05) is 5.32 Å². The number of rotatable bonds is 8. The summed E-state index contributed by atoms with van der Waals surface area (Å²) in [5.41, 5.74) is 1.33. The van der Waals surface area contributed by atoms with Crippen molar-refractivity contribution in [2.45, 2.75) is 20.1 Å². The summed E-state index contributed by atoms with van der Waals surface area (Å²) in [5.74, 6) is 0.222. The molecule has 0 saturated carbocycles. The number of halogens is 2. The summed E-state index contributed by atoms with van der Waals surface area (Å²) in [7, 11) is 0. The number of amides is 1. The molecule has 2 aromatic carbocycles. The Balaban J connectivity index is 1.34. The molecule has 0 bridgehead atoms. The van der Waals surface area contributed by atoms with Crippen LogP contribution in [0.25, 0.3) is 0 Å². The predicted molar refractivity (Wildman–Crippen MR) is 120 cm³/mol. The molecule has 0 saturated heterocycles. The summed E-state index contributed by atoms with van der Waals surface area (Å²) in [5, 5.41) is 7.11. The molecule has 0 spiro atoms. The number of hydrogen-bond donors (Lipinski definition) is 1. The average Bonchev–Trinajstić information content (AvgIpc) is 3.45. The Hall–Kier alpha value is -3.91. The molecule has 0 aliphatic heterocycles. The lowest BCUT2D eigenvalue weighted by atomic mass is 10.1. The maximum absolute atomic E-state index is 14.0. The lowest BCUT2D eigenvalue weighted by molar-refractivity contribution is 0.0990. The predicted octanol–water partition coefficient (Wildman–Crippen LogP) is 5.35. The second-order valence-electron chi connectivity index (χ2n) is 7.22. The highest BCUT2D eigenvalue weighted by atomic mass is 35.5. The molecule has 0 unspecified atom stereocenters. The van der Waals surface area contributed by atoms with Gasteiger partial charge in [-0.3, -0.25) is 14.3 Å². The van der Waals surface area contributed by atoms with Gasteiger partial charge in [-0.25, -0.2) is 4.39 Å². The third-order valence-electron chi connectivity index (χ3n) is 4.80. The first-order valence-corrected chi connectivity index (χ1v) is 10.4. The van der Waals surface area contributed by atoms with Gasteiger partial charge in [0, 0.05) is 22.3 Å². The zero-order valence-electron chi connectivity index (χ0n) is 17.5. The van der Waals surface area contributed by atoms with E-state index in [0.29, 0.717) is 33.3 Å². The van der Waals surface area contributed by atoms with Crippen LogP contribution in [0, 0.1) is 5.82 Å². The maximum Gasteiger partial charge on any atom is 0.291 e. The van der Waals surface area contributed by atoms with Crippen molar-refractivity contribution in [1.82, 2.24) is 9.78 Å². The number of nitrogens with one attached hydrogen (secondary N) is 1. The molecule has 1 amide bonds. The highest BCUT2D eigenvalue weighted by Crippen LogP contribution is 2.21. The molecule has 0 radical (unpaired) electrons. The topological polar surface area (TPSA) is 86.4 Å². The molecule has 0 aliphatic carbocycles. The fourth-order valence-corrected chi connectivity index (χ4v) is 3.29. The Labute approximate surface area is 193 Å². The van der Waals surface area contributed by atoms with Gasteiger partial charge >= 0.3 is 0 Å². The third kappa shape index (κ3) is 5.48. The van der Waals surface area contributed by atoms with Gasteiger partial charge in [-0.1, -0.05) is 17.7 Å². The lowest BCUT2D eigenvalue weighted by Gasteiger charge is -2.06. The van der Waals surface area contributed by atoms with Gasteiger partial charge in [0.15, 0.2) is 11.5 Å². The molecule has 2 aromatic heterocycles. The molecule has 4 rings (SSSR count). The molecule has 1 N–H and O–H groups in total. The molecular formula is C24H19ClFN3O4. The van der Waals surface area contributed by atoms with Gasteiger partial charge < -0.3 is 14.5 Å². The first-order valence-electron chi connectivity index (χ1n) is 9.98. The molecule has 0 aliphatic rings. The SMILES string of the molecule is CC(=O)c1ccc(OCc2ccc(C(=O)Nc3cnn(Cc4c(F)cccc4Cl)c3)o2)cc1. The highest BCUT2D eigenvalue weighted by molar-refractivity contribution is 6.31. The second-order valence-corrected chi connectivity index (χ2v) is 7.62. The number of anilines is 1. The summed E-state index contributed by atoms with van der Waals surface area (Å²) < 4.78 is 26.6. The fraction of sp³-hybridized carbons (Fsp3) is 0.125. The summed E-state index contributed by atoms with van der Waals surface area (Å²) >= 11 is 6.05. The molecule has 0 atom stereocenters. The second kappa shape index (κ2) is 9.70. The Morgan fingerprint density at radius 3 is 2.67 bits per heavy atom. The first-order chi connectivity index (χ1) is 15.9. The summed E-state index contributed by atoms with van der Waals surface area (Å²) in [6.07, 6.45) is 3.02. The lowest BCUT2D eigenvalue weighted by Crippen LogP contribution is -2.10. The van der Waals surface area contributed by atoms with Crippen molar-refractivity contribution in [2.24, 2.45) is 0 Å². The van der Waals surface area contributed by atoms with Crippen LogP contribution < -0.4 is 10.1 Å². The van der Waals surface area contributed by atoms with Crippen LogP contribution in [-0.2, 0) is 13.2 Å². The smallest absolute Gasteiger partial charge is 0.291 e. The van der Waals surface area contributed by atoms with E-state index in [1.807, 2.05) is 0 Å². The average molecular weight is 468 g/mol. The molecular weight excluding hydrogens is 449 g/mol. The third-order valence-corrected chi connectivity index (χ3v) is 5.15. The quantitative estimate of drug-likeness (QED) is 0.353. The molecule has 168 valence electrons. The number of aromatic nitrogens is 2. The van der Waals surface area contributed by atoms with E-state index in [1.165, 1.54) is 36.0 Å². The van der Waals surface area contributed by atoms with E-state index in [2.05, 4.69) is 10.4 Å². The summed E-state index contributed by atoms with van der Waals surface area (Å²) in [4.78, 5) is 23.8. The van der Waals surface area contributed by atoms with Crippen molar-refractivity contribution < 1.29 is 23.1 Å². The van der Waals surface area contributed by atoms with Crippen molar-refractivity contribution in [1.29, 1.82) is 0 Å². The van der Waals surface area contributed by atoms with Gasteiger partial charge in [0.05, 0.1) is 18.4 Å². The Morgan fingerprint density at radius 2 is 1.94 bits per heavy atom. The zero-order chi connectivity index (χ0) is 23.4. The number of carbonyl (C=O) groups excluding carboxylic acids is 2. The van der Waals surface area contributed by atoms with Crippen LogP contribution in [0.3, 0.4) is 0 Å². The van der Waals surface area contributed by atoms with Gasteiger partial charge in [0.2, 0.25) is 0 Å². The Kier molecular flexibility index (Phi) is 6.55. The van der Waals surface area contributed by atoms with E-state index in [-0.39, 0.29) is 24.7 Å². The normalized spacial score (nSPS) is 10.8. The highest BCUT2D eigenvalue weighted by Gasteiger charge is 2.14. The fourth-order valence-electron chi connectivity index (χ4n) is 3.07. The number of benzene rings is 2. The van der Waals surface area contributed by atoms with Crippen molar-refractivity contribution >= 4 is 29.0 Å². The Morgan fingerprint density at radius 1 is 1.15 bits per heavy atom. The van der Waals surface area contributed by atoms with Gasteiger partial charge in [0.25, 0.3) is 5.91 Å². The van der Waals surface area contributed by atoms with Crippen LogP contribution in [-0.4, -0.2) is 21.5 Å². The van der Waals surface area contributed by atoms with E-state index < -0.39 is 11.7 Å². The van der Waals surface area contributed by atoms with E-state index >= 15 is 0 Å². The van der Waals surface area contributed by atoms with E-state index in [1.54, 1.807) is 42.6 Å². The van der Waals surface area contributed by atoms with Crippen LogP contribution in [0.15, 0.2) is 71.4 Å². The van der Waals surface area contributed by atoms with Gasteiger partial charge in [0.1, 0.15) is 23.9 Å². The number of hydrogen-bond acceptors (Lipinski definition) is 5. The van der Waals surface area contributed by atoms with Crippen molar-refractivity contribution in [3.05, 3.63) is 100 Å². The number of ether oxygens (including phenoxy) is 1. The first kappa shape index (κ1) is 22.3.